The second kappa shape index (κ2) is 6.10. The van der Waals surface area contributed by atoms with Crippen molar-refractivity contribution in [2.24, 2.45) is 5.73 Å². The number of nitrogens with zero attached hydrogens (tertiary/aromatic N) is 3. The molecular formula is C16H14N6O. The summed E-state index contributed by atoms with van der Waals surface area (Å²) in [6.07, 6.45) is 0. The van der Waals surface area contributed by atoms with Crippen molar-refractivity contribution >= 4 is 23.5 Å². The van der Waals surface area contributed by atoms with Crippen molar-refractivity contribution in [3.8, 4) is 11.4 Å². The number of carbonyl (C=O) groups is 1. The monoisotopic (exact) mass is 306 g/mol. The van der Waals surface area contributed by atoms with Gasteiger partial charge in [0.15, 0.2) is 5.82 Å². The van der Waals surface area contributed by atoms with Crippen molar-refractivity contribution in [1.82, 2.24) is 15.0 Å². The Hall–Kier alpha value is -3.48. The Bertz CT molecular complexity index is 833. The molecule has 0 radical (unpaired) electrons. The Kier molecular flexibility index (Phi) is 3.84. The Morgan fingerprint density at radius 3 is 2.26 bits per heavy atom. The third-order valence-electron chi connectivity index (χ3n) is 3.11. The lowest BCUT2D eigenvalue weighted by Gasteiger charge is -2.07. The molecule has 23 heavy (non-hydrogen) atoms. The number of para-hydroxylation sites is 1. The fourth-order valence-electron chi connectivity index (χ4n) is 2.01. The summed E-state index contributed by atoms with van der Waals surface area (Å²) in [4.78, 5) is 23.6. The van der Waals surface area contributed by atoms with Crippen LogP contribution in [0.5, 0.6) is 0 Å². The van der Waals surface area contributed by atoms with E-state index in [1.807, 2.05) is 30.3 Å². The molecule has 0 aliphatic carbocycles. The quantitative estimate of drug-likeness (QED) is 0.677. The predicted octanol–water partition coefficient (Wildman–Crippen LogP) is 1.96. The number of nitrogens with one attached hydrogen (secondary N) is 1. The van der Waals surface area contributed by atoms with Gasteiger partial charge in [-0.15, -0.1) is 0 Å². The number of rotatable bonds is 4. The molecule has 7 heteroatoms. The summed E-state index contributed by atoms with van der Waals surface area (Å²) < 4.78 is 0. The van der Waals surface area contributed by atoms with Crippen molar-refractivity contribution in [3.63, 3.8) is 0 Å². The van der Waals surface area contributed by atoms with Crippen LogP contribution in [0, 0.1) is 0 Å². The van der Waals surface area contributed by atoms with E-state index in [0.717, 1.165) is 5.69 Å². The molecule has 3 rings (SSSR count). The first-order chi connectivity index (χ1) is 11.1. The molecule has 0 saturated carbocycles. The van der Waals surface area contributed by atoms with Crippen LogP contribution in [0.1, 0.15) is 10.4 Å². The summed E-state index contributed by atoms with van der Waals surface area (Å²) in [5.41, 5.74) is 12.9. The minimum Gasteiger partial charge on any atom is -0.368 e. The maximum Gasteiger partial charge on any atom is 0.248 e. The normalized spacial score (nSPS) is 10.3. The summed E-state index contributed by atoms with van der Waals surface area (Å²) >= 11 is 0. The van der Waals surface area contributed by atoms with Gasteiger partial charge in [-0.2, -0.15) is 15.0 Å². The number of hydrogen-bond donors (Lipinski definition) is 3. The minimum absolute atomic E-state index is 0.104. The van der Waals surface area contributed by atoms with Gasteiger partial charge >= 0.3 is 0 Å². The second-order valence-electron chi connectivity index (χ2n) is 4.77. The standard InChI is InChI=1S/C16H14N6O/c17-13(23)10-6-8-11(9-7-10)14-20-15(18)22-16(21-14)19-12-4-2-1-3-5-12/h1-9H,(H2,17,23)(H3,18,19,20,21,22). The fraction of sp³-hybridized carbons (Fsp3) is 0. The molecular weight excluding hydrogens is 292 g/mol. The lowest BCUT2D eigenvalue weighted by Crippen LogP contribution is -2.10. The van der Waals surface area contributed by atoms with E-state index in [4.69, 9.17) is 11.5 Å². The first-order valence-corrected chi connectivity index (χ1v) is 6.86. The number of nitrogens with two attached hydrogens (primary N) is 2. The molecule has 0 aliphatic heterocycles. The first kappa shape index (κ1) is 14.5. The third kappa shape index (κ3) is 3.41. The van der Waals surface area contributed by atoms with Gasteiger partial charge in [0.1, 0.15) is 0 Å². The van der Waals surface area contributed by atoms with Crippen LogP contribution < -0.4 is 16.8 Å². The van der Waals surface area contributed by atoms with Gasteiger partial charge in [0, 0.05) is 16.8 Å². The molecule has 0 fully saturated rings. The molecule has 1 heterocycles. The zero-order valence-electron chi connectivity index (χ0n) is 12.1. The van der Waals surface area contributed by atoms with E-state index < -0.39 is 5.91 Å². The number of hydrogen-bond acceptors (Lipinski definition) is 6. The van der Waals surface area contributed by atoms with E-state index in [-0.39, 0.29) is 5.95 Å². The summed E-state index contributed by atoms with van der Waals surface area (Å²) in [5.74, 6) is 0.371. The van der Waals surface area contributed by atoms with Crippen LogP contribution in [-0.2, 0) is 0 Å². The van der Waals surface area contributed by atoms with Gasteiger partial charge in [0.05, 0.1) is 0 Å². The molecule has 0 spiro atoms. The molecule has 114 valence electrons. The van der Waals surface area contributed by atoms with Crippen LogP contribution >= 0.6 is 0 Å². The van der Waals surface area contributed by atoms with Crippen LogP contribution in [0.25, 0.3) is 11.4 Å². The van der Waals surface area contributed by atoms with Crippen molar-refractivity contribution in [1.29, 1.82) is 0 Å². The van der Waals surface area contributed by atoms with Crippen molar-refractivity contribution < 1.29 is 4.79 Å². The van der Waals surface area contributed by atoms with Gasteiger partial charge in [0.25, 0.3) is 0 Å². The molecule has 2 aromatic carbocycles. The zero-order chi connectivity index (χ0) is 16.2. The van der Waals surface area contributed by atoms with E-state index in [1.165, 1.54) is 0 Å². The highest BCUT2D eigenvalue weighted by Gasteiger charge is 2.08. The average molecular weight is 306 g/mol. The van der Waals surface area contributed by atoms with Crippen LogP contribution in [-0.4, -0.2) is 20.9 Å². The molecule has 7 nitrogen and oxygen atoms in total. The highest BCUT2D eigenvalue weighted by Crippen LogP contribution is 2.19. The molecule has 0 atom stereocenters. The Balaban J connectivity index is 1.92. The Morgan fingerprint density at radius 2 is 1.61 bits per heavy atom. The lowest BCUT2D eigenvalue weighted by atomic mass is 10.1. The van der Waals surface area contributed by atoms with E-state index in [2.05, 4.69) is 20.3 Å². The third-order valence-corrected chi connectivity index (χ3v) is 3.11. The molecule has 3 aromatic rings. The fourth-order valence-corrected chi connectivity index (χ4v) is 2.01. The molecule has 1 amide bonds. The number of amides is 1. The van der Waals surface area contributed by atoms with Gasteiger partial charge in [-0.05, 0) is 24.3 Å². The number of anilines is 3. The van der Waals surface area contributed by atoms with Crippen LogP contribution in [0.3, 0.4) is 0 Å². The average Bonchev–Trinajstić information content (AvgIpc) is 2.55. The highest BCUT2D eigenvalue weighted by atomic mass is 16.1. The highest BCUT2D eigenvalue weighted by molar-refractivity contribution is 5.93. The van der Waals surface area contributed by atoms with E-state index in [9.17, 15) is 4.79 Å². The topological polar surface area (TPSA) is 120 Å². The molecule has 0 saturated heterocycles. The first-order valence-electron chi connectivity index (χ1n) is 6.86. The Morgan fingerprint density at radius 1 is 0.913 bits per heavy atom. The smallest absolute Gasteiger partial charge is 0.248 e. The maximum atomic E-state index is 11.1. The number of aromatic nitrogens is 3. The van der Waals surface area contributed by atoms with E-state index in [0.29, 0.717) is 22.9 Å². The SMILES string of the molecule is NC(=O)c1ccc(-c2nc(N)nc(Nc3ccccc3)n2)cc1. The van der Waals surface area contributed by atoms with E-state index >= 15 is 0 Å². The zero-order valence-corrected chi connectivity index (χ0v) is 12.1. The molecule has 0 unspecified atom stereocenters. The lowest BCUT2D eigenvalue weighted by molar-refractivity contribution is 0.100. The number of carbonyl (C=O) groups excluding carboxylic acids is 1. The molecule has 0 bridgehead atoms. The maximum absolute atomic E-state index is 11.1. The largest absolute Gasteiger partial charge is 0.368 e. The minimum atomic E-state index is -0.488. The van der Waals surface area contributed by atoms with Gasteiger partial charge in [-0.25, -0.2) is 0 Å². The molecule has 5 N–H and O–H groups in total. The van der Waals surface area contributed by atoms with Crippen molar-refractivity contribution in [3.05, 3.63) is 60.2 Å². The molecule has 0 aliphatic rings. The van der Waals surface area contributed by atoms with Gasteiger partial charge in [-0.1, -0.05) is 30.3 Å². The van der Waals surface area contributed by atoms with Crippen molar-refractivity contribution in [2.75, 3.05) is 11.1 Å². The predicted molar refractivity (Wildman–Crippen MR) is 87.9 cm³/mol. The second-order valence-corrected chi connectivity index (χ2v) is 4.77. The number of primary amides is 1. The Labute approximate surface area is 132 Å². The number of nitrogen functional groups attached to an aromatic ring is 1. The number of benzene rings is 2. The van der Waals surface area contributed by atoms with Gasteiger partial charge < -0.3 is 16.8 Å². The summed E-state index contributed by atoms with van der Waals surface area (Å²) in [6, 6.07) is 16.1. The summed E-state index contributed by atoms with van der Waals surface area (Å²) in [5, 5.41) is 3.07. The summed E-state index contributed by atoms with van der Waals surface area (Å²) in [6.45, 7) is 0. The van der Waals surface area contributed by atoms with Crippen LogP contribution in [0.15, 0.2) is 54.6 Å². The van der Waals surface area contributed by atoms with Gasteiger partial charge in [0.2, 0.25) is 17.8 Å². The van der Waals surface area contributed by atoms with Gasteiger partial charge in [-0.3, -0.25) is 4.79 Å². The van der Waals surface area contributed by atoms with Crippen LogP contribution in [0.4, 0.5) is 17.6 Å². The van der Waals surface area contributed by atoms with Crippen molar-refractivity contribution in [2.45, 2.75) is 0 Å². The molecule has 1 aromatic heterocycles. The van der Waals surface area contributed by atoms with Crippen LogP contribution in [0.2, 0.25) is 0 Å². The van der Waals surface area contributed by atoms with E-state index in [1.54, 1.807) is 24.3 Å². The summed E-state index contributed by atoms with van der Waals surface area (Å²) in [7, 11) is 0.